The first-order valence-corrected chi connectivity index (χ1v) is 6.62. The minimum Gasteiger partial charge on any atom is -0.467 e. The lowest BCUT2D eigenvalue weighted by molar-refractivity contribution is 0.102. The molecule has 0 aliphatic rings. The Kier molecular flexibility index (Phi) is 7.76. The number of rotatable bonds is 10. The molecule has 98 valence electrons. The summed E-state index contributed by atoms with van der Waals surface area (Å²) in [4.78, 5) is 0. The van der Waals surface area contributed by atoms with Gasteiger partial charge in [0.1, 0.15) is 12.4 Å². The van der Waals surface area contributed by atoms with Gasteiger partial charge >= 0.3 is 0 Å². The highest BCUT2D eigenvalue weighted by atomic mass is 16.5. The Labute approximate surface area is 105 Å². The van der Waals surface area contributed by atoms with E-state index in [4.69, 9.17) is 9.15 Å². The van der Waals surface area contributed by atoms with Crippen LogP contribution in [-0.4, -0.2) is 19.2 Å². The fourth-order valence-electron chi connectivity index (χ4n) is 1.64. The lowest BCUT2D eigenvalue weighted by Crippen LogP contribution is -2.23. The minimum atomic E-state index is 0.599. The highest BCUT2D eigenvalue weighted by molar-refractivity contribution is 4.95. The maximum absolute atomic E-state index is 5.51. The molecular weight excluding hydrogens is 214 g/mol. The summed E-state index contributed by atoms with van der Waals surface area (Å²) < 4.78 is 10.7. The summed E-state index contributed by atoms with van der Waals surface area (Å²) in [6, 6.07) is 4.43. The first-order valence-electron chi connectivity index (χ1n) is 6.62. The molecule has 17 heavy (non-hydrogen) atoms. The number of ether oxygens (including phenoxy) is 1. The second kappa shape index (κ2) is 9.25. The van der Waals surface area contributed by atoms with Crippen molar-refractivity contribution in [3.05, 3.63) is 24.2 Å². The summed E-state index contributed by atoms with van der Waals surface area (Å²) >= 11 is 0. The Morgan fingerprint density at radius 3 is 2.76 bits per heavy atom. The lowest BCUT2D eigenvalue weighted by atomic mass is 10.2. The van der Waals surface area contributed by atoms with E-state index in [-0.39, 0.29) is 0 Å². The van der Waals surface area contributed by atoms with Crippen molar-refractivity contribution in [2.24, 2.45) is 0 Å². The molecule has 0 spiro atoms. The number of hydrogen-bond donors (Lipinski definition) is 1. The second-order valence-electron chi connectivity index (χ2n) is 4.65. The van der Waals surface area contributed by atoms with Crippen LogP contribution in [0.1, 0.15) is 45.3 Å². The van der Waals surface area contributed by atoms with Crippen LogP contribution in [0.2, 0.25) is 0 Å². The van der Waals surface area contributed by atoms with Gasteiger partial charge in [0.2, 0.25) is 0 Å². The standard InChI is InChI=1S/C14H25NO2/c1-13(2)15-9-5-3-4-6-10-16-12-14-8-7-11-17-14/h7-8,11,13,15H,3-6,9-10,12H2,1-2H3. The van der Waals surface area contributed by atoms with E-state index in [9.17, 15) is 0 Å². The van der Waals surface area contributed by atoms with Gasteiger partial charge in [-0.1, -0.05) is 26.7 Å². The Bertz CT molecular complexity index is 257. The van der Waals surface area contributed by atoms with Gasteiger partial charge in [-0.2, -0.15) is 0 Å². The van der Waals surface area contributed by atoms with Gasteiger partial charge in [-0.05, 0) is 31.5 Å². The van der Waals surface area contributed by atoms with E-state index in [0.717, 1.165) is 25.3 Å². The molecule has 1 aromatic heterocycles. The van der Waals surface area contributed by atoms with E-state index in [1.54, 1.807) is 6.26 Å². The smallest absolute Gasteiger partial charge is 0.129 e. The molecule has 3 heteroatoms. The van der Waals surface area contributed by atoms with E-state index in [1.807, 2.05) is 12.1 Å². The van der Waals surface area contributed by atoms with Crippen molar-refractivity contribution < 1.29 is 9.15 Å². The van der Waals surface area contributed by atoms with Crippen molar-refractivity contribution in [3.63, 3.8) is 0 Å². The maximum atomic E-state index is 5.51. The third-order valence-corrected chi connectivity index (χ3v) is 2.59. The summed E-state index contributed by atoms with van der Waals surface area (Å²) in [6.45, 7) is 6.93. The first-order chi connectivity index (χ1) is 8.29. The average Bonchev–Trinajstić information content (AvgIpc) is 2.79. The van der Waals surface area contributed by atoms with Gasteiger partial charge < -0.3 is 14.5 Å². The van der Waals surface area contributed by atoms with Crippen molar-refractivity contribution in [1.82, 2.24) is 5.32 Å². The summed E-state index contributed by atoms with van der Waals surface area (Å²) in [5.74, 6) is 0.908. The number of hydrogen-bond acceptors (Lipinski definition) is 3. The van der Waals surface area contributed by atoms with Gasteiger partial charge in [0.25, 0.3) is 0 Å². The normalized spacial score (nSPS) is 11.2. The number of furan rings is 1. The van der Waals surface area contributed by atoms with Crippen LogP contribution in [0.15, 0.2) is 22.8 Å². The molecule has 1 aromatic rings. The van der Waals surface area contributed by atoms with Crippen LogP contribution < -0.4 is 5.32 Å². The monoisotopic (exact) mass is 239 g/mol. The average molecular weight is 239 g/mol. The zero-order valence-electron chi connectivity index (χ0n) is 11.1. The van der Waals surface area contributed by atoms with Gasteiger partial charge in [-0.25, -0.2) is 0 Å². The minimum absolute atomic E-state index is 0.599. The molecule has 3 nitrogen and oxygen atoms in total. The molecule has 1 rings (SSSR count). The van der Waals surface area contributed by atoms with E-state index in [2.05, 4.69) is 19.2 Å². The van der Waals surface area contributed by atoms with Crippen molar-refractivity contribution >= 4 is 0 Å². The predicted octanol–water partition coefficient (Wildman–Crippen LogP) is 3.35. The molecule has 0 bridgehead atoms. The highest BCUT2D eigenvalue weighted by Gasteiger charge is 1.96. The maximum Gasteiger partial charge on any atom is 0.129 e. The molecule has 0 aromatic carbocycles. The zero-order chi connectivity index (χ0) is 12.3. The van der Waals surface area contributed by atoms with Crippen LogP contribution in [0.3, 0.4) is 0 Å². The van der Waals surface area contributed by atoms with Gasteiger partial charge in [-0.3, -0.25) is 0 Å². The number of nitrogens with one attached hydrogen (secondary N) is 1. The Balaban J connectivity index is 1.79. The fraction of sp³-hybridized carbons (Fsp3) is 0.714. The predicted molar refractivity (Wildman–Crippen MR) is 70.0 cm³/mol. The van der Waals surface area contributed by atoms with Crippen molar-refractivity contribution in [1.29, 1.82) is 0 Å². The van der Waals surface area contributed by atoms with Crippen molar-refractivity contribution in [2.75, 3.05) is 13.2 Å². The first kappa shape index (κ1) is 14.3. The van der Waals surface area contributed by atoms with Crippen molar-refractivity contribution in [2.45, 2.75) is 52.2 Å². The molecule has 0 saturated heterocycles. The van der Waals surface area contributed by atoms with Gasteiger partial charge in [0, 0.05) is 12.6 Å². The molecule has 0 atom stereocenters. The third kappa shape index (κ3) is 8.00. The molecule has 0 unspecified atom stereocenters. The van der Waals surface area contributed by atoms with Crippen molar-refractivity contribution in [3.8, 4) is 0 Å². The van der Waals surface area contributed by atoms with Gasteiger partial charge in [0.05, 0.1) is 6.26 Å². The zero-order valence-corrected chi connectivity index (χ0v) is 11.1. The topological polar surface area (TPSA) is 34.4 Å². The summed E-state index contributed by atoms with van der Waals surface area (Å²) in [6.07, 6.45) is 6.61. The molecule has 0 amide bonds. The van der Waals surface area contributed by atoms with Crippen LogP contribution in [0, 0.1) is 0 Å². The Hall–Kier alpha value is -0.800. The highest BCUT2D eigenvalue weighted by Crippen LogP contribution is 2.04. The third-order valence-electron chi connectivity index (χ3n) is 2.59. The molecule has 0 aliphatic carbocycles. The molecule has 0 fully saturated rings. The van der Waals surface area contributed by atoms with Crippen LogP contribution in [0.25, 0.3) is 0 Å². The molecule has 1 heterocycles. The molecule has 0 aliphatic heterocycles. The van der Waals surface area contributed by atoms with Gasteiger partial charge in [0.15, 0.2) is 0 Å². The van der Waals surface area contributed by atoms with Crippen LogP contribution in [0.5, 0.6) is 0 Å². The number of unbranched alkanes of at least 4 members (excludes halogenated alkanes) is 3. The summed E-state index contributed by atoms with van der Waals surface area (Å²) in [7, 11) is 0. The van der Waals surface area contributed by atoms with Crippen LogP contribution in [-0.2, 0) is 11.3 Å². The SMILES string of the molecule is CC(C)NCCCCCCOCc1ccco1. The molecule has 0 saturated carbocycles. The summed E-state index contributed by atoms with van der Waals surface area (Å²) in [5.41, 5.74) is 0. The van der Waals surface area contributed by atoms with Gasteiger partial charge in [-0.15, -0.1) is 0 Å². The largest absolute Gasteiger partial charge is 0.467 e. The van der Waals surface area contributed by atoms with Crippen LogP contribution >= 0.6 is 0 Å². The Morgan fingerprint density at radius 2 is 2.06 bits per heavy atom. The quantitative estimate of drug-likeness (QED) is 0.636. The lowest BCUT2D eigenvalue weighted by Gasteiger charge is -2.07. The van der Waals surface area contributed by atoms with E-state index in [1.165, 1.54) is 19.3 Å². The van der Waals surface area contributed by atoms with E-state index in [0.29, 0.717) is 12.6 Å². The van der Waals surface area contributed by atoms with E-state index >= 15 is 0 Å². The van der Waals surface area contributed by atoms with Crippen LogP contribution in [0.4, 0.5) is 0 Å². The molecule has 1 N–H and O–H groups in total. The Morgan fingerprint density at radius 1 is 1.24 bits per heavy atom. The molecule has 0 radical (unpaired) electrons. The van der Waals surface area contributed by atoms with E-state index < -0.39 is 0 Å². The fourth-order valence-corrected chi connectivity index (χ4v) is 1.64. The second-order valence-corrected chi connectivity index (χ2v) is 4.65. The molecular formula is C14H25NO2. The summed E-state index contributed by atoms with van der Waals surface area (Å²) in [5, 5.41) is 3.42.